The van der Waals surface area contributed by atoms with E-state index < -0.39 is 0 Å². The summed E-state index contributed by atoms with van der Waals surface area (Å²) in [5.41, 5.74) is 3.47. The summed E-state index contributed by atoms with van der Waals surface area (Å²) in [5.74, 6) is 1.18. The fraction of sp³-hybridized carbons (Fsp3) is 0.333. The molecule has 0 spiro atoms. The Hall–Kier alpha value is -2.66. The Morgan fingerprint density at radius 3 is 2.79 bits per heavy atom. The first-order chi connectivity index (χ1) is 15.6. The molecule has 33 heavy (non-hydrogen) atoms. The van der Waals surface area contributed by atoms with Crippen LogP contribution in [0.4, 0.5) is 4.39 Å². The summed E-state index contributed by atoms with van der Waals surface area (Å²) in [6.07, 6.45) is 5.90. The molecule has 2 N–H and O–H groups in total. The topological polar surface area (TPSA) is 72.7 Å². The third-order valence-corrected chi connectivity index (χ3v) is 5.33. The van der Waals surface area contributed by atoms with Gasteiger partial charge in [0.15, 0.2) is 5.96 Å². The van der Waals surface area contributed by atoms with Crippen molar-refractivity contribution in [1.82, 2.24) is 20.2 Å². The largest absolute Gasteiger partial charge is 0.488 e. The van der Waals surface area contributed by atoms with Gasteiger partial charge in [-0.25, -0.2) is 9.37 Å². The van der Waals surface area contributed by atoms with Crippen LogP contribution in [0.2, 0.25) is 0 Å². The lowest BCUT2D eigenvalue weighted by Crippen LogP contribution is -2.36. The van der Waals surface area contributed by atoms with E-state index in [0.717, 1.165) is 35.5 Å². The minimum Gasteiger partial charge on any atom is -0.488 e. The molecule has 0 amide bonds. The average molecular weight is 565 g/mol. The SMILES string of the molecule is CN=C(NCc1ccc(-n2ccnc2)c(F)c1)NCc1ccc(C)cc1OC1CCOC1.I. The number of aryl methyl sites for hydroxylation is 1. The molecule has 2 heterocycles. The van der Waals surface area contributed by atoms with Crippen molar-refractivity contribution in [2.75, 3.05) is 20.3 Å². The molecule has 0 bridgehead atoms. The molecule has 1 saturated heterocycles. The van der Waals surface area contributed by atoms with Crippen molar-refractivity contribution in [3.8, 4) is 11.4 Å². The molecule has 3 aromatic rings. The highest BCUT2D eigenvalue weighted by molar-refractivity contribution is 14.0. The molecule has 4 rings (SSSR count). The molecule has 1 unspecified atom stereocenters. The standard InChI is InChI=1S/C24H28FN5O2.HI/c1-17-3-5-19(23(11-17)32-20-7-10-31-15-20)14-29-24(26-2)28-13-18-4-6-22(21(25)12-18)30-9-8-27-16-30;/h3-6,8-9,11-12,16,20H,7,10,13-15H2,1-2H3,(H2,26,28,29);1H. The number of aliphatic imine (C=N–C) groups is 1. The first-order valence-electron chi connectivity index (χ1n) is 10.7. The van der Waals surface area contributed by atoms with Crippen molar-refractivity contribution >= 4 is 29.9 Å². The first-order valence-corrected chi connectivity index (χ1v) is 10.7. The summed E-state index contributed by atoms with van der Waals surface area (Å²) in [7, 11) is 1.71. The van der Waals surface area contributed by atoms with Crippen LogP contribution in [0.15, 0.2) is 60.1 Å². The van der Waals surface area contributed by atoms with Gasteiger partial charge < -0.3 is 24.7 Å². The number of rotatable bonds is 7. The monoisotopic (exact) mass is 565 g/mol. The Bertz CT molecular complexity index is 1070. The fourth-order valence-electron chi connectivity index (χ4n) is 3.56. The highest BCUT2D eigenvalue weighted by atomic mass is 127. The lowest BCUT2D eigenvalue weighted by Gasteiger charge is -2.18. The maximum absolute atomic E-state index is 14.5. The zero-order valence-corrected chi connectivity index (χ0v) is 21.1. The van der Waals surface area contributed by atoms with Gasteiger partial charge in [-0.1, -0.05) is 18.2 Å². The van der Waals surface area contributed by atoms with E-state index in [1.807, 2.05) is 13.0 Å². The highest BCUT2D eigenvalue weighted by Crippen LogP contribution is 2.24. The quantitative estimate of drug-likeness (QED) is 0.258. The molecular formula is C24H29FIN5O2. The van der Waals surface area contributed by atoms with E-state index in [4.69, 9.17) is 9.47 Å². The number of imidazole rings is 1. The number of benzene rings is 2. The normalized spacial score (nSPS) is 15.7. The van der Waals surface area contributed by atoms with Crippen molar-refractivity contribution in [2.45, 2.75) is 32.5 Å². The van der Waals surface area contributed by atoms with Gasteiger partial charge in [0.2, 0.25) is 0 Å². The van der Waals surface area contributed by atoms with Crippen molar-refractivity contribution in [3.63, 3.8) is 0 Å². The fourth-order valence-corrected chi connectivity index (χ4v) is 3.56. The van der Waals surface area contributed by atoms with E-state index in [-0.39, 0.29) is 35.9 Å². The molecule has 1 aromatic heterocycles. The summed E-state index contributed by atoms with van der Waals surface area (Å²) >= 11 is 0. The van der Waals surface area contributed by atoms with Crippen molar-refractivity contribution in [1.29, 1.82) is 0 Å². The molecular weight excluding hydrogens is 536 g/mol. The lowest BCUT2D eigenvalue weighted by molar-refractivity contribution is 0.140. The van der Waals surface area contributed by atoms with Crippen LogP contribution in [0.5, 0.6) is 5.75 Å². The zero-order valence-electron chi connectivity index (χ0n) is 18.8. The van der Waals surface area contributed by atoms with Gasteiger partial charge >= 0.3 is 0 Å². The Balaban J connectivity index is 0.00000306. The summed E-state index contributed by atoms with van der Waals surface area (Å²) in [6, 6.07) is 11.3. The number of nitrogens with zero attached hydrogens (tertiary/aromatic N) is 3. The van der Waals surface area contributed by atoms with E-state index in [2.05, 4.69) is 38.8 Å². The molecule has 0 radical (unpaired) electrons. The van der Waals surface area contributed by atoms with E-state index >= 15 is 0 Å². The molecule has 9 heteroatoms. The van der Waals surface area contributed by atoms with Gasteiger partial charge in [-0.15, -0.1) is 24.0 Å². The van der Waals surface area contributed by atoms with Crippen molar-refractivity contribution in [3.05, 3.63) is 77.6 Å². The minimum absolute atomic E-state index is 0. The van der Waals surface area contributed by atoms with Gasteiger partial charge in [-0.05, 0) is 36.2 Å². The lowest BCUT2D eigenvalue weighted by atomic mass is 10.1. The number of aromatic nitrogens is 2. The number of guanidine groups is 1. The Morgan fingerprint density at radius 1 is 1.24 bits per heavy atom. The van der Waals surface area contributed by atoms with Crippen LogP contribution in [-0.2, 0) is 17.8 Å². The molecule has 176 valence electrons. The Kier molecular flexibility index (Phi) is 9.07. The van der Waals surface area contributed by atoms with E-state index in [9.17, 15) is 4.39 Å². The van der Waals surface area contributed by atoms with Crippen LogP contribution >= 0.6 is 24.0 Å². The summed E-state index contributed by atoms with van der Waals surface area (Å²) in [6.45, 7) is 4.41. The third kappa shape index (κ3) is 6.67. The van der Waals surface area contributed by atoms with E-state index in [0.29, 0.717) is 31.3 Å². The van der Waals surface area contributed by atoms with Crippen LogP contribution < -0.4 is 15.4 Å². The second-order valence-corrected chi connectivity index (χ2v) is 7.75. The Labute approximate surface area is 210 Å². The maximum atomic E-state index is 14.5. The first kappa shape index (κ1) is 25.0. The van der Waals surface area contributed by atoms with Gasteiger partial charge in [0.05, 0.1) is 25.2 Å². The maximum Gasteiger partial charge on any atom is 0.191 e. The summed E-state index contributed by atoms with van der Waals surface area (Å²) in [5, 5.41) is 6.54. The molecule has 1 fully saturated rings. The summed E-state index contributed by atoms with van der Waals surface area (Å²) in [4.78, 5) is 8.24. The smallest absolute Gasteiger partial charge is 0.191 e. The molecule has 7 nitrogen and oxygen atoms in total. The predicted molar refractivity (Wildman–Crippen MR) is 137 cm³/mol. The van der Waals surface area contributed by atoms with E-state index in [1.54, 1.807) is 36.4 Å². The van der Waals surface area contributed by atoms with Crippen LogP contribution in [0, 0.1) is 12.7 Å². The summed E-state index contributed by atoms with van der Waals surface area (Å²) < 4.78 is 27.7. The Morgan fingerprint density at radius 2 is 2.09 bits per heavy atom. The molecule has 0 aliphatic carbocycles. The molecule has 1 aliphatic rings. The van der Waals surface area contributed by atoms with Crippen LogP contribution in [0.3, 0.4) is 0 Å². The van der Waals surface area contributed by atoms with Gasteiger partial charge in [0.1, 0.15) is 17.7 Å². The number of ether oxygens (including phenoxy) is 2. The van der Waals surface area contributed by atoms with Crippen LogP contribution in [0.25, 0.3) is 5.69 Å². The number of nitrogens with one attached hydrogen (secondary N) is 2. The van der Waals surface area contributed by atoms with Gasteiger partial charge in [0.25, 0.3) is 0 Å². The number of hydrogen-bond donors (Lipinski definition) is 2. The molecule has 1 atom stereocenters. The highest BCUT2D eigenvalue weighted by Gasteiger charge is 2.19. The third-order valence-electron chi connectivity index (χ3n) is 5.33. The average Bonchev–Trinajstić information content (AvgIpc) is 3.50. The van der Waals surface area contributed by atoms with Crippen molar-refractivity contribution in [2.24, 2.45) is 4.99 Å². The molecule has 0 saturated carbocycles. The number of halogens is 2. The zero-order chi connectivity index (χ0) is 22.3. The molecule has 2 aromatic carbocycles. The number of hydrogen-bond acceptors (Lipinski definition) is 4. The van der Waals surface area contributed by atoms with Crippen LogP contribution in [0.1, 0.15) is 23.1 Å². The second kappa shape index (κ2) is 12.0. The molecule has 1 aliphatic heterocycles. The van der Waals surface area contributed by atoms with Crippen LogP contribution in [-0.4, -0.2) is 41.9 Å². The van der Waals surface area contributed by atoms with Gasteiger partial charge in [0, 0.05) is 44.5 Å². The minimum atomic E-state index is -0.303. The van der Waals surface area contributed by atoms with Gasteiger partial charge in [-0.2, -0.15) is 0 Å². The van der Waals surface area contributed by atoms with E-state index in [1.165, 1.54) is 6.07 Å². The predicted octanol–water partition coefficient (Wildman–Crippen LogP) is 3.97. The second-order valence-electron chi connectivity index (χ2n) is 7.75. The van der Waals surface area contributed by atoms with Crippen molar-refractivity contribution < 1.29 is 13.9 Å². The van der Waals surface area contributed by atoms with Gasteiger partial charge in [-0.3, -0.25) is 4.99 Å².